The van der Waals surface area contributed by atoms with Crippen LogP contribution in [0.4, 0.5) is 5.82 Å². The Bertz CT molecular complexity index is 244. The summed E-state index contributed by atoms with van der Waals surface area (Å²) in [4.78, 5) is 7.66. The van der Waals surface area contributed by atoms with E-state index in [0.717, 1.165) is 0 Å². The number of aliphatic hydroxyl groups excluding tert-OH is 1. The Balaban J connectivity index is 2.46. The molecule has 0 bridgehead atoms. The second-order valence-electron chi connectivity index (χ2n) is 2.22. The van der Waals surface area contributed by atoms with Gasteiger partial charge in [0.2, 0.25) is 0 Å². The molecule has 0 saturated carbocycles. The lowest BCUT2D eigenvalue weighted by atomic mass is 10.4. The number of nitrogens with one attached hydrogen (secondary N) is 1. The van der Waals surface area contributed by atoms with Gasteiger partial charge < -0.3 is 10.4 Å². The molecule has 0 aliphatic carbocycles. The maximum atomic E-state index is 8.51. The van der Waals surface area contributed by atoms with Gasteiger partial charge in [0.05, 0.1) is 6.20 Å². The topological polar surface area (TPSA) is 58.0 Å². The summed E-state index contributed by atoms with van der Waals surface area (Å²) in [6, 6.07) is 0. The SMILES string of the molecule is OCCCNc1ncncc1Cl. The van der Waals surface area contributed by atoms with Crippen molar-refractivity contribution >= 4 is 17.4 Å². The summed E-state index contributed by atoms with van der Waals surface area (Å²) in [5.41, 5.74) is 0. The first-order valence-corrected chi connectivity index (χ1v) is 4.02. The van der Waals surface area contributed by atoms with Crippen LogP contribution in [0.15, 0.2) is 12.5 Å². The lowest BCUT2D eigenvalue weighted by Gasteiger charge is -2.04. The molecular weight excluding hydrogens is 178 g/mol. The van der Waals surface area contributed by atoms with E-state index in [2.05, 4.69) is 15.3 Å². The van der Waals surface area contributed by atoms with E-state index in [4.69, 9.17) is 16.7 Å². The second kappa shape index (κ2) is 4.90. The molecule has 0 aliphatic rings. The van der Waals surface area contributed by atoms with E-state index in [0.29, 0.717) is 23.8 Å². The van der Waals surface area contributed by atoms with Crippen LogP contribution in [0.3, 0.4) is 0 Å². The third-order valence-electron chi connectivity index (χ3n) is 1.29. The van der Waals surface area contributed by atoms with Crippen molar-refractivity contribution in [1.29, 1.82) is 0 Å². The molecule has 0 amide bonds. The quantitative estimate of drug-likeness (QED) is 0.689. The normalized spacial score (nSPS) is 9.83. The molecule has 1 aromatic rings. The average Bonchev–Trinajstić information content (AvgIpc) is 2.09. The van der Waals surface area contributed by atoms with Gasteiger partial charge in [0.15, 0.2) is 0 Å². The lowest BCUT2D eigenvalue weighted by Crippen LogP contribution is -2.05. The highest BCUT2D eigenvalue weighted by Crippen LogP contribution is 2.15. The predicted molar refractivity (Wildman–Crippen MR) is 47.2 cm³/mol. The molecule has 0 fully saturated rings. The Kier molecular flexibility index (Phi) is 3.76. The van der Waals surface area contributed by atoms with Crippen LogP contribution in [-0.2, 0) is 0 Å². The maximum absolute atomic E-state index is 8.51. The largest absolute Gasteiger partial charge is 0.396 e. The van der Waals surface area contributed by atoms with E-state index in [1.807, 2.05) is 0 Å². The molecule has 0 radical (unpaired) electrons. The van der Waals surface area contributed by atoms with Crippen molar-refractivity contribution < 1.29 is 5.11 Å². The minimum atomic E-state index is 0.162. The Hall–Kier alpha value is -0.870. The first-order valence-electron chi connectivity index (χ1n) is 3.65. The summed E-state index contributed by atoms with van der Waals surface area (Å²) in [5.74, 6) is 0.611. The molecule has 0 aromatic carbocycles. The van der Waals surface area contributed by atoms with Crippen LogP contribution >= 0.6 is 11.6 Å². The molecule has 0 unspecified atom stereocenters. The third kappa shape index (κ3) is 2.64. The molecule has 0 aliphatic heterocycles. The van der Waals surface area contributed by atoms with Crippen LogP contribution in [0.5, 0.6) is 0 Å². The van der Waals surface area contributed by atoms with Gasteiger partial charge >= 0.3 is 0 Å². The third-order valence-corrected chi connectivity index (χ3v) is 1.57. The van der Waals surface area contributed by atoms with Crippen LogP contribution in [0.2, 0.25) is 5.02 Å². The number of hydrogen-bond donors (Lipinski definition) is 2. The van der Waals surface area contributed by atoms with Gasteiger partial charge in [0.25, 0.3) is 0 Å². The van der Waals surface area contributed by atoms with Crippen molar-refractivity contribution in [2.24, 2.45) is 0 Å². The van der Waals surface area contributed by atoms with Gasteiger partial charge in [-0.3, -0.25) is 0 Å². The van der Waals surface area contributed by atoms with E-state index in [9.17, 15) is 0 Å². The smallest absolute Gasteiger partial charge is 0.148 e. The number of aliphatic hydroxyl groups is 1. The molecule has 0 saturated heterocycles. The molecule has 0 atom stereocenters. The average molecular weight is 188 g/mol. The fourth-order valence-corrected chi connectivity index (χ4v) is 0.901. The molecular formula is C7H10ClN3O. The van der Waals surface area contributed by atoms with E-state index >= 15 is 0 Å². The van der Waals surface area contributed by atoms with Gasteiger partial charge in [-0.1, -0.05) is 11.6 Å². The second-order valence-corrected chi connectivity index (χ2v) is 2.63. The molecule has 1 heterocycles. The summed E-state index contributed by atoms with van der Waals surface area (Å²) >= 11 is 5.75. The van der Waals surface area contributed by atoms with Gasteiger partial charge in [0, 0.05) is 13.2 Å². The van der Waals surface area contributed by atoms with Gasteiger partial charge in [-0.15, -0.1) is 0 Å². The van der Waals surface area contributed by atoms with E-state index in [1.54, 1.807) is 0 Å². The molecule has 1 aromatic heterocycles. The van der Waals surface area contributed by atoms with E-state index in [1.165, 1.54) is 12.5 Å². The predicted octanol–water partition coefficient (Wildman–Crippen LogP) is 0.924. The molecule has 5 heteroatoms. The minimum absolute atomic E-state index is 0.162. The summed E-state index contributed by atoms with van der Waals surface area (Å²) in [7, 11) is 0. The van der Waals surface area contributed by atoms with Crippen molar-refractivity contribution in [3.8, 4) is 0 Å². The standard InChI is InChI=1S/C7H10ClN3O/c8-6-4-9-5-11-7(6)10-2-1-3-12/h4-5,12H,1-3H2,(H,9,10,11). The van der Waals surface area contributed by atoms with Crippen LogP contribution in [0, 0.1) is 0 Å². The highest BCUT2D eigenvalue weighted by atomic mass is 35.5. The highest BCUT2D eigenvalue weighted by molar-refractivity contribution is 6.32. The van der Waals surface area contributed by atoms with Gasteiger partial charge in [-0.2, -0.15) is 0 Å². The summed E-state index contributed by atoms with van der Waals surface area (Å²) in [6.07, 6.45) is 3.63. The molecule has 66 valence electrons. The molecule has 2 N–H and O–H groups in total. The minimum Gasteiger partial charge on any atom is -0.396 e. The number of hydrogen-bond acceptors (Lipinski definition) is 4. The van der Waals surface area contributed by atoms with Crippen LogP contribution in [-0.4, -0.2) is 28.2 Å². The Morgan fingerprint density at radius 1 is 1.58 bits per heavy atom. The van der Waals surface area contributed by atoms with E-state index in [-0.39, 0.29) is 6.61 Å². The fourth-order valence-electron chi connectivity index (χ4n) is 0.729. The van der Waals surface area contributed by atoms with E-state index < -0.39 is 0 Å². The number of anilines is 1. The van der Waals surface area contributed by atoms with Gasteiger partial charge in [-0.05, 0) is 6.42 Å². The summed E-state index contributed by atoms with van der Waals surface area (Å²) < 4.78 is 0. The molecule has 4 nitrogen and oxygen atoms in total. The van der Waals surface area contributed by atoms with Crippen molar-refractivity contribution in [2.45, 2.75) is 6.42 Å². The van der Waals surface area contributed by atoms with Crippen molar-refractivity contribution in [3.63, 3.8) is 0 Å². The van der Waals surface area contributed by atoms with Crippen molar-refractivity contribution in [3.05, 3.63) is 17.5 Å². The monoisotopic (exact) mass is 187 g/mol. The van der Waals surface area contributed by atoms with Crippen LogP contribution < -0.4 is 5.32 Å². The van der Waals surface area contributed by atoms with Crippen LogP contribution in [0.1, 0.15) is 6.42 Å². The maximum Gasteiger partial charge on any atom is 0.148 e. The Labute approximate surface area is 75.6 Å². The Morgan fingerprint density at radius 3 is 3.08 bits per heavy atom. The lowest BCUT2D eigenvalue weighted by molar-refractivity contribution is 0.292. The van der Waals surface area contributed by atoms with Gasteiger partial charge in [0.1, 0.15) is 17.2 Å². The molecule has 1 rings (SSSR count). The van der Waals surface area contributed by atoms with Crippen molar-refractivity contribution in [2.75, 3.05) is 18.5 Å². The number of aromatic nitrogens is 2. The fraction of sp³-hybridized carbons (Fsp3) is 0.429. The molecule has 0 spiro atoms. The Morgan fingerprint density at radius 2 is 2.42 bits per heavy atom. The zero-order valence-corrected chi connectivity index (χ0v) is 7.25. The molecule has 12 heavy (non-hydrogen) atoms. The highest BCUT2D eigenvalue weighted by Gasteiger charge is 1.98. The number of nitrogens with zero attached hydrogens (tertiary/aromatic N) is 2. The first-order chi connectivity index (χ1) is 5.84. The van der Waals surface area contributed by atoms with Crippen LogP contribution in [0.25, 0.3) is 0 Å². The first kappa shape index (κ1) is 9.22. The van der Waals surface area contributed by atoms with Gasteiger partial charge in [-0.25, -0.2) is 9.97 Å². The van der Waals surface area contributed by atoms with Crippen molar-refractivity contribution in [1.82, 2.24) is 9.97 Å². The number of rotatable bonds is 4. The zero-order chi connectivity index (χ0) is 8.81. The summed E-state index contributed by atoms with van der Waals surface area (Å²) in [5, 5.41) is 12.0. The zero-order valence-electron chi connectivity index (χ0n) is 6.50. The summed E-state index contributed by atoms with van der Waals surface area (Å²) in [6.45, 7) is 0.822. The number of halogens is 1.